The van der Waals surface area contributed by atoms with Crippen LogP contribution in [-0.2, 0) is 0 Å². The van der Waals surface area contributed by atoms with E-state index in [1.807, 2.05) is 12.1 Å². The van der Waals surface area contributed by atoms with Gasteiger partial charge in [-0.1, -0.05) is 12.1 Å². The van der Waals surface area contributed by atoms with Crippen molar-refractivity contribution in [1.82, 2.24) is 0 Å². The van der Waals surface area contributed by atoms with Gasteiger partial charge in [0.25, 0.3) is 0 Å². The van der Waals surface area contributed by atoms with Crippen LogP contribution in [0.1, 0.15) is 29.9 Å². The lowest BCUT2D eigenvalue weighted by Gasteiger charge is -2.13. The minimum atomic E-state index is 0.0189. The molecule has 0 saturated heterocycles. The predicted molar refractivity (Wildman–Crippen MR) is 57.3 cm³/mol. The van der Waals surface area contributed by atoms with E-state index in [4.69, 9.17) is 10.4 Å². The SMILES string of the molecule is N#Cc1cccc(C(CO)CCCO)c1. The second-order valence-corrected chi connectivity index (χ2v) is 3.48. The standard InChI is InChI=1S/C12H15NO2/c13-8-10-3-1-4-11(7-10)12(9-15)5-2-6-14/h1,3-4,7,12,14-15H,2,5-6,9H2. The molecule has 0 aromatic heterocycles. The summed E-state index contributed by atoms with van der Waals surface area (Å²) in [5.41, 5.74) is 1.57. The first-order chi connectivity index (χ1) is 7.31. The Kier molecular flexibility index (Phi) is 4.82. The quantitative estimate of drug-likeness (QED) is 0.763. The Hall–Kier alpha value is -1.37. The van der Waals surface area contributed by atoms with Crippen molar-refractivity contribution in [2.45, 2.75) is 18.8 Å². The topological polar surface area (TPSA) is 64.2 Å². The zero-order chi connectivity index (χ0) is 11.1. The highest BCUT2D eigenvalue weighted by atomic mass is 16.3. The number of nitrogens with zero attached hydrogens (tertiary/aromatic N) is 1. The highest BCUT2D eigenvalue weighted by Gasteiger charge is 2.10. The summed E-state index contributed by atoms with van der Waals surface area (Å²) >= 11 is 0. The first-order valence-corrected chi connectivity index (χ1v) is 5.03. The van der Waals surface area contributed by atoms with Crippen LogP contribution < -0.4 is 0 Å². The monoisotopic (exact) mass is 205 g/mol. The molecular formula is C12H15NO2. The van der Waals surface area contributed by atoms with Crippen LogP contribution in [0, 0.1) is 11.3 Å². The van der Waals surface area contributed by atoms with Gasteiger partial charge in [-0.3, -0.25) is 0 Å². The molecule has 0 bridgehead atoms. The van der Waals surface area contributed by atoms with Crippen molar-refractivity contribution in [3.05, 3.63) is 35.4 Å². The number of hydrogen-bond donors (Lipinski definition) is 2. The first-order valence-electron chi connectivity index (χ1n) is 5.03. The second kappa shape index (κ2) is 6.18. The van der Waals surface area contributed by atoms with Gasteiger partial charge in [-0.15, -0.1) is 0 Å². The molecule has 0 fully saturated rings. The molecule has 15 heavy (non-hydrogen) atoms. The number of aliphatic hydroxyl groups excluding tert-OH is 2. The van der Waals surface area contributed by atoms with Crippen molar-refractivity contribution < 1.29 is 10.2 Å². The van der Waals surface area contributed by atoms with Crippen LogP contribution >= 0.6 is 0 Å². The van der Waals surface area contributed by atoms with Crippen LogP contribution in [0.3, 0.4) is 0 Å². The first kappa shape index (κ1) is 11.7. The molecule has 2 N–H and O–H groups in total. The Morgan fingerprint density at radius 3 is 2.73 bits per heavy atom. The van der Waals surface area contributed by atoms with Crippen molar-refractivity contribution in [3.8, 4) is 6.07 Å². The van der Waals surface area contributed by atoms with Crippen molar-refractivity contribution in [1.29, 1.82) is 5.26 Å². The molecule has 1 rings (SSSR count). The van der Waals surface area contributed by atoms with Gasteiger partial charge in [-0.05, 0) is 30.5 Å². The summed E-state index contributed by atoms with van der Waals surface area (Å²) in [6, 6.07) is 9.32. The van der Waals surface area contributed by atoms with E-state index in [0.29, 0.717) is 12.0 Å². The molecule has 0 aliphatic heterocycles. The number of hydrogen-bond acceptors (Lipinski definition) is 3. The molecule has 1 atom stereocenters. The Morgan fingerprint density at radius 1 is 1.33 bits per heavy atom. The highest BCUT2D eigenvalue weighted by molar-refractivity contribution is 5.34. The third-order valence-electron chi connectivity index (χ3n) is 2.42. The van der Waals surface area contributed by atoms with Crippen LogP contribution in [0.4, 0.5) is 0 Å². The third kappa shape index (κ3) is 3.35. The molecule has 0 radical (unpaired) electrons. The van der Waals surface area contributed by atoms with Gasteiger partial charge in [-0.2, -0.15) is 5.26 Å². The van der Waals surface area contributed by atoms with Gasteiger partial charge < -0.3 is 10.2 Å². The summed E-state index contributed by atoms with van der Waals surface area (Å²) in [6.07, 6.45) is 1.41. The summed E-state index contributed by atoms with van der Waals surface area (Å²) in [5.74, 6) is 0.0189. The van der Waals surface area contributed by atoms with E-state index in [0.717, 1.165) is 12.0 Å². The van der Waals surface area contributed by atoms with Gasteiger partial charge in [0.15, 0.2) is 0 Å². The minimum absolute atomic E-state index is 0.0189. The molecule has 3 heteroatoms. The smallest absolute Gasteiger partial charge is 0.0991 e. The van der Waals surface area contributed by atoms with E-state index in [-0.39, 0.29) is 19.1 Å². The predicted octanol–water partition coefficient (Wildman–Crippen LogP) is 1.41. The maximum atomic E-state index is 9.21. The number of rotatable bonds is 5. The second-order valence-electron chi connectivity index (χ2n) is 3.48. The van der Waals surface area contributed by atoms with Crippen LogP contribution in [0.2, 0.25) is 0 Å². The van der Waals surface area contributed by atoms with Crippen LogP contribution in [0.25, 0.3) is 0 Å². The molecule has 0 spiro atoms. The molecule has 1 aromatic rings. The molecule has 1 unspecified atom stereocenters. The summed E-state index contributed by atoms with van der Waals surface area (Å²) < 4.78 is 0. The van der Waals surface area contributed by atoms with Crippen molar-refractivity contribution in [3.63, 3.8) is 0 Å². The molecular weight excluding hydrogens is 190 g/mol. The Labute approximate surface area is 89.6 Å². The third-order valence-corrected chi connectivity index (χ3v) is 2.42. The average molecular weight is 205 g/mol. The van der Waals surface area contributed by atoms with Gasteiger partial charge in [-0.25, -0.2) is 0 Å². The Morgan fingerprint density at radius 2 is 2.13 bits per heavy atom. The zero-order valence-corrected chi connectivity index (χ0v) is 8.56. The highest BCUT2D eigenvalue weighted by Crippen LogP contribution is 2.21. The number of aliphatic hydroxyl groups is 2. The van der Waals surface area contributed by atoms with Crippen LogP contribution in [0.5, 0.6) is 0 Å². The number of nitriles is 1. The molecule has 0 aliphatic rings. The fraction of sp³-hybridized carbons (Fsp3) is 0.417. The van der Waals surface area contributed by atoms with Gasteiger partial charge in [0, 0.05) is 19.1 Å². The van der Waals surface area contributed by atoms with Gasteiger partial charge in [0.05, 0.1) is 11.6 Å². The van der Waals surface area contributed by atoms with Gasteiger partial charge in [0.1, 0.15) is 0 Å². The molecule has 0 amide bonds. The van der Waals surface area contributed by atoms with Crippen LogP contribution in [0.15, 0.2) is 24.3 Å². The lowest BCUT2D eigenvalue weighted by atomic mass is 9.94. The zero-order valence-electron chi connectivity index (χ0n) is 8.56. The van der Waals surface area contributed by atoms with E-state index in [1.54, 1.807) is 12.1 Å². The largest absolute Gasteiger partial charge is 0.396 e. The summed E-state index contributed by atoms with van der Waals surface area (Å²) in [6.45, 7) is 0.184. The fourth-order valence-corrected chi connectivity index (χ4v) is 1.56. The van der Waals surface area contributed by atoms with Crippen molar-refractivity contribution >= 4 is 0 Å². The van der Waals surface area contributed by atoms with E-state index in [2.05, 4.69) is 6.07 Å². The maximum Gasteiger partial charge on any atom is 0.0991 e. The lowest BCUT2D eigenvalue weighted by molar-refractivity contribution is 0.237. The molecule has 1 aromatic carbocycles. The summed E-state index contributed by atoms with van der Waals surface area (Å²) in [5, 5.41) is 26.7. The molecule has 0 aliphatic carbocycles. The Bertz CT molecular complexity index is 344. The fourth-order valence-electron chi connectivity index (χ4n) is 1.56. The molecule has 3 nitrogen and oxygen atoms in total. The molecule has 0 heterocycles. The van der Waals surface area contributed by atoms with E-state index in [1.165, 1.54) is 0 Å². The summed E-state index contributed by atoms with van der Waals surface area (Å²) in [4.78, 5) is 0. The minimum Gasteiger partial charge on any atom is -0.396 e. The van der Waals surface area contributed by atoms with E-state index >= 15 is 0 Å². The Balaban J connectivity index is 2.78. The van der Waals surface area contributed by atoms with E-state index in [9.17, 15) is 5.11 Å². The van der Waals surface area contributed by atoms with Gasteiger partial charge >= 0.3 is 0 Å². The lowest BCUT2D eigenvalue weighted by Crippen LogP contribution is -2.05. The number of benzene rings is 1. The van der Waals surface area contributed by atoms with Crippen LogP contribution in [-0.4, -0.2) is 23.4 Å². The van der Waals surface area contributed by atoms with Gasteiger partial charge in [0.2, 0.25) is 0 Å². The summed E-state index contributed by atoms with van der Waals surface area (Å²) in [7, 11) is 0. The van der Waals surface area contributed by atoms with Crippen molar-refractivity contribution in [2.24, 2.45) is 0 Å². The maximum absolute atomic E-state index is 9.21. The van der Waals surface area contributed by atoms with Crippen molar-refractivity contribution in [2.75, 3.05) is 13.2 Å². The normalized spacial score (nSPS) is 12.1. The molecule has 80 valence electrons. The average Bonchev–Trinajstić information content (AvgIpc) is 2.30. The van der Waals surface area contributed by atoms with E-state index < -0.39 is 0 Å². The molecule has 0 saturated carbocycles.